The van der Waals surface area contributed by atoms with Crippen molar-refractivity contribution in [3.8, 4) is 11.5 Å². The van der Waals surface area contributed by atoms with Crippen molar-refractivity contribution in [2.45, 2.75) is 6.42 Å². The Bertz CT molecular complexity index is 805. The Morgan fingerprint density at radius 1 is 1.13 bits per heavy atom. The number of hydrogen-bond acceptors (Lipinski definition) is 3. The average molecular weight is 377 g/mol. The fourth-order valence-corrected chi connectivity index (χ4v) is 3.23. The molecule has 0 N–H and O–H groups in total. The Morgan fingerprint density at radius 3 is 2.35 bits per heavy atom. The number of hydrogen-bond donors (Lipinski definition) is 0. The van der Waals surface area contributed by atoms with E-state index in [1.54, 1.807) is 44.6 Å². The monoisotopic (exact) mass is 376 g/mol. The average Bonchev–Trinajstić information content (AvgIpc) is 2.88. The van der Waals surface area contributed by atoms with Gasteiger partial charge in [0.15, 0.2) is 5.78 Å². The first-order valence-electron chi connectivity index (χ1n) is 6.98. The van der Waals surface area contributed by atoms with Gasteiger partial charge in [-0.15, -0.1) is 0 Å². The number of carbonyl (C=O) groups excluding carboxylic acids is 1. The van der Waals surface area contributed by atoms with E-state index in [4.69, 9.17) is 9.47 Å². The van der Waals surface area contributed by atoms with E-state index >= 15 is 0 Å². The Kier molecular flexibility index (Phi) is 4.22. The van der Waals surface area contributed by atoms with E-state index in [-0.39, 0.29) is 18.0 Å². The van der Waals surface area contributed by atoms with Crippen LogP contribution in [0, 0.1) is 5.82 Å². The number of carbonyl (C=O) groups is 1. The molecule has 118 valence electrons. The number of halogens is 2. The van der Waals surface area contributed by atoms with Crippen LogP contribution in [-0.2, 0) is 6.42 Å². The second-order valence-corrected chi connectivity index (χ2v) is 6.06. The molecule has 0 unspecified atom stereocenters. The summed E-state index contributed by atoms with van der Waals surface area (Å²) in [7, 11) is 3.13. The molecular weight excluding hydrogens is 363 g/mol. The largest absolute Gasteiger partial charge is 0.497 e. The predicted octanol–water partition coefficient (Wildman–Crippen LogP) is 4.43. The number of fused-ring (bicyclic) bond motifs is 1. The summed E-state index contributed by atoms with van der Waals surface area (Å²) in [5.41, 5.74) is 2.16. The molecule has 0 atom stereocenters. The van der Waals surface area contributed by atoms with E-state index in [9.17, 15) is 9.18 Å². The molecule has 3 rings (SSSR count). The van der Waals surface area contributed by atoms with E-state index in [0.29, 0.717) is 32.7 Å². The molecule has 0 aliphatic heterocycles. The van der Waals surface area contributed by atoms with Crippen LogP contribution >= 0.6 is 15.9 Å². The number of benzene rings is 2. The number of Topliss-reactive ketones (excluding diaryl/α,β-unsaturated/α-hetero) is 1. The molecule has 0 radical (unpaired) electrons. The first kappa shape index (κ1) is 15.7. The summed E-state index contributed by atoms with van der Waals surface area (Å²) in [5, 5.41) is 0. The maximum absolute atomic E-state index is 14.0. The van der Waals surface area contributed by atoms with Crippen LogP contribution < -0.4 is 9.47 Å². The highest BCUT2D eigenvalue weighted by atomic mass is 79.9. The highest BCUT2D eigenvalue weighted by Crippen LogP contribution is 2.35. The Morgan fingerprint density at radius 2 is 1.78 bits per heavy atom. The molecule has 0 heterocycles. The number of allylic oxidation sites excluding steroid dienone is 1. The smallest absolute Gasteiger partial charge is 0.190 e. The van der Waals surface area contributed by atoms with Crippen LogP contribution in [0.1, 0.15) is 21.5 Å². The van der Waals surface area contributed by atoms with Crippen LogP contribution in [-0.4, -0.2) is 20.0 Å². The molecule has 0 amide bonds. The number of methoxy groups -OCH3 is 2. The fraction of sp³-hybridized carbons (Fsp3) is 0.167. The van der Waals surface area contributed by atoms with Gasteiger partial charge in [-0.25, -0.2) is 4.39 Å². The molecule has 3 nitrogen and oxygen atoms in total. The van der Waals surface area contributed by atoms with E-state index < -0.39 is 0 Å². The van der Waals surface area contributed by atoms with Crippen LogP contribution in [0.15, 0.2) is 40.4 Å². The Hall–Kier alpha value is -2.14. The van der Waals surface area contributed by atoms with Gasteiger partial charge in [-0.1, -0.05) is 15.9 Å². The minimum absolute atomic E-state index is 0.159. The standard InChI is InChI=1S/C18H14BrFO3/c1-22-12-6-10(7-13(9-12)23-2)5-11-8-14-16(20)4-3-15(19)17(14)18(11)21/h3-7,9H,8H2,1-2H3/b11-5+. The van der Waals surface area contributed by atoms with Crippen LogP contribution in [0.4, 0.5) is 4.39 Å². The van der Waals surface area contributed by atoms with Crippen molar-refractivity contribution in [2.24, 2.45) is 0 Å². The zero-order valence-electron chi connectivity index (χ0n) is 12.7. The van der Waals surface area contributed by atoms with Crippen LogP contribution in [0.25, 0.3) is 6.08 Å². The van der Waals surface area contributed by atoms with Gasteiger partial charge in [0.25, 0.3) is 0 Å². The van der Waals surface area contributed by atoms with Gasteiger partial charge in [0.2, 0.25) is 0 Å². The number of ether oxygens (including phenoxy) is 2. The molecule has 0 saturated heterocycles. The molecule has 0 bridgehead atoms. The van der Waals surface area contributed by atoms with Gasteiger partial charge in [-0.3, -0.25) is 4.79 Å². The fourth-order valence-electron chi connectivity index (χ4n) is 2.67. The van der Waals surface area contributed by atoms with Crippen LogP contribution in [0.5, 0.6) is 11.5 Å². The summed E-state index contributed by atoms with van der Waals surface area (Å²) < 4.78 is 25.0. The van der Waals surface area contributed by atoms with Crippen molar-refractivity contribution in [3.63, 3.8) is 0 Å². The van der Waals surface area contributed by atoms with Crippen molar-refractivity contribution in [1.82, 2.24) is 0 Å². The van der Waals surface area contributed by atoms with Crippen molar-refractivity contribution < 1.29 is 18.7 Å². The maximum Gasteiger partial charge on any atom is 0.190 e. The third-order valence-electron chi connectivity index (χ3n) is 3.81. The lowest BCUT2D eigenvalue weighted by Gasteiger charge is -2.06. The Labute approximate surface area is 141 Å². The van der Waals surface area contributed by atoms with Crippen molar-refractivity contribution >= 4 is 27.8 Å². The summed E-state index contributed by atoms with van der Waals surface area (Å²) in [5.74, 6) is 0.745. The van der Waals surface area contributed by atoms with Gasteiger partial charge >= 0.3 is 0 Å². The topological polar surface area (TPSA) is 35.5 Å². The second-order valence-electron chi connectivity index (χ2n) is 5.20. The molecule has 2 aromatic carbocycles. The zero-order chi connectivity index (χ0) is 16.6. The summed E-state index contributed by atoms with van der Waals surface area (Å²) in [4.78, 5) is 12.6. The minimum atomic E-state index is -0.358. The van der Waals surface area contributed by atoms with Gasteiger partial charge in [0, 0.05) is 33.7 Å². The lowest BCUT2D eigenvalue weighted by atomic mass is 10.1. The SMILES string of the molecule is COc1cc(/C=C2\Cc3c(F)ccc(Br)c3C2=O)cc(OC)c1. The van der Waals surface area contributed by atoms with E-state index in [2.05, 4.69) is 15.9 Å². The molecule has 1 aliphatic carbocycles. The third kappa shape index (κ3) is 2.88. The zero-order valence-corrected chi connectivity index (χ0v) is 14.2. The van der Waals surface area contributed by atoms with Crippen LogP contribution in [0.2, 0.25) is 0 Å². The van der Waals surface area contributed by atoms with Gasteiger partial charge < -0.3 is 9.47 Å². The molecule has 2 aromatic rings. The van der Waals surface area contributed by atoms with E-state index in [1.807, 2.05) is 0 Å². The molecule has 0 fully saturated rings. The molecule has 0 spiro atoms. The number of rotatable bonds is 3. The highest BCUT2D eigenvalue weighted by Gasteiger charge is 2.29. The van der Waals surface area contributed by atoms with E-state index in [0.717, 1.165) is 5.56 Å². The third-order valence-corrected chi connectivity index (χ3v) is 4.47. The van der Waals surface area contributed by atoms with E-state index in [1.165, 1.54) is 6.07 Å². The summed E-state index contributed by atoms with van der Waals surface area (Å²) in [6, 6.07) is 8.29. The lowest BCUT2D eigenvalue weighted by Crippen LogP contribution is -1.97. The van der Waals surface area contributed by atoms with Crippen molar-refractivity contribution in [2.75, 3.05) is 14.2 Å². The van der Waals surface area contributed by atoms with Gasteiger partial charge in [-0.05, 0) is 35.9 Å². The maximum atomic E-state index is 14.0. The highest BCUT2D eigenvalue weighted by molar-refractivity contribution is 9.10. The first-order chi connectivity index (χ1) is 11.0. The molecule has 0 aromatic heterocycles. The lowest BCUT2D eigenvalue weighted by molar-refractivity contribution is 0.103. The summed E-state index contributed by atoms with van der Waals surface area (Å²) in [6.07, 6.45) is 2.03. The van der Waals surface area contributed by atoms with Crippen LogP contribution in [0.3, 0.4) is 0 Å². The molecule has 5 heteroatoms. The molecule has 23 heavy (non-hydrogen) atoms. The van der Waals surface area contributed by atoms with Gasteiger partial charge in [0.1, 0.15) is 17.3 Å². The van der Waals surface area contributed by atoms with Gasteiger partial charge in [-0.2, -0.15) is 0 Å². The first-order valence-corrected chi connectivity index (χ1v) is 7.78. The van der Waals surface area contributed by atoms with Gasteiger partial charge in [0.05, 0.1) is 14.2 Å². The second kappa shape index (κ2) is 6.16. The summed E-state index contributed by atoms with van der Waals surface area (Å²) >= 11 is 3.33. The van der Waals surface area contributed by atoms with Crippen molar-refractivity contribution in [1.29, 1.82) is 0 Å². The minimum Gasteiger partial charge on any atom is -0.497 e. The van der Waals surface area contributed by atoms with Crippen molar-refractivity contribution in [3.05, 3.63) is 62.9 Å². The Balaban J connectivity index is 2.04. The number of ketones is 1. The predicted molar refractivity (Wildman–Crippen MR) is 89.7 cm³/mol. The normalized spacial score (nSPS) is 15.0. The molecule has 0 saturated carbocycles. The molecular formula is C18H14BrFO3. The quantitative estimate of drug-likeness (QED) is 0.743. The molecule has 1 aliphatic rings. The summed E-state index contributed by atoms with van der Waals surface area (Å²) in [6.45, 7) is 0.